The Morgan fingerprint density at radius 3 is 2.29 bits per heavy atom. The van der Waals surface area contributed by atoms with Gasteiger partial charge >= 0.3 is 0 Å². The van der Waals surface area contributed by atoms with Gasteiger partial charge < -0.3 is 10.6 Å². The lowest BCUT2D eigenvalue weighted by Crippen LogP contribution is -2.12. The van der Waals surface area contributed by atoms with Crippen LogP contribution in [0.5, 0.6) is 0 Å². The highest BCUT2D eigenvalue weighted by molar-refractivity contribution is 6.34. The lowest BCUT2D eigenvalue weighted by molar-refractivity contribution is 0.102. The minimum Gasteiger partial charge on any atom is -0.381 e. The van der Waals surface area contributed by atoms with Gasteiger partial charge in [-0.15, -0.1) is 0 Å². The molecule has 0 aliphatic carbocycles. The molecule has 24 heavy (non-hydrogen) atoms. The molecular weight excluding hydrogens is 322 g/mol. The summed E-state index contributed by atoms with van der Waals surface area (Å²) >= 11 is 6.03. The maximum atomic E-state index is 12.2. The number of benzene rings is 2. The molecule has 0 saturated carbocycles. The first kappa shape index (κ1) is 16.0. The lowest BCUT2D eigenvalue weighted by atomic mass is 10.2. The first-order valence-corrected chi connectivity index (χ1v) is 7.89. The molecule has 5 heteroatoms. The van der Waals surface area contributed by atoms with Gasteiger partial charge in [0.15, 0.2) is 0 Å². The van der Waals surface area contributed by atoms with Crippen molar-refractivity contribution in [2.45, 2.75) is 6.54 Å². The highest BCUT2D eigenvalue weighted by Crippen LogP contribution is 2.19. The maximum absolute atomic E-state index is 12.2. The normalized spacial score (nSPS) is 10.2. The second-order valence-corrected chi connectivity index (χ2v) is 5.63. The van der Waals surface area contributed by atoms with E-state index in [0.717, 1.165) is 16.9 Å². The van der Waals surface area contributed by atoms with Gasteiger partial charge in [0.1, 0.15) is 0 Å². The van der Waals surface area contributed by atoms with Crippen molar-refractivity contribution in [3.8, 4) is 0 Å². The number of aromatic nitrogens is 1. The molecule has 120 valence electrons. The maximum Gasteiger partial charge on any atom is 0.257 e. The van der Waals surface area contributed by atoms with Crippen LogP contribution in [0.15, 0.2) is 73.1 Å². The number of carbonyl (C=O) groups excluding carboxylic acids is 1. The van der Waals surface area contributed by atoms with E-state index in [4.69, 9.17) is 11.6 Å². The van der Waals surface area contributed by atoms with Crippen LogP contribution in [-0.4, -0.2) is 10.9 Å². The summed E-state index contributed by atoms with van der Waals surface area (Å²) < 4.78 is 0. The average molecular weight is 338 g/mol. The molecule has 2 aromatic carbocycles. The Balaban J connectivity index is 1.60. The number of amides is 1. The summed E-state index contributed by atoms with van der Waals surface area (Å²) in [5, 5.41) is 6.60. The fourth-order valence-electron chi connectivity index (χ4n) is 2.22. The highest BCUT2D eigenvalue weighted by Gasteiger charge is 2.09. The third-order valence-electron chi connectivity index (χ3n) is 3.51. The van der Waals surface area contributed by atoms with Crippen LogP contribution in [0.2, 0.25) is 5.02 Å². The van der Waals surface area contributed by atoms with E-state index in [1.54, 1.807) is 36.7 Å². The molecule has 3 aromatic rings. The summed E-state index contributed by atoms with van der Waals surface area (Å²) in [5.74, 6) is -0.224. The molecule has 1 amide bonds. The third-order valence-corrected chi connectivity index (χ3v) is 3.84. The molecule has 0 aliphatic rings. The van der Waals surface area contributed by atoms with Crippen LogP contribution in [0.1, 0.15) is 15.9 Å². The van der Waals surface area contributed by atoms with Crippen LogP contribution in [0.3, 0.4) is 0 Å². The Morgan fingerprint density at radius 2 is 1.58 bits per heavy atom. The van der Waals surface area contributed by atoms with Gasteiger partial charge in [-0.25, -0.2) is 0 Å². The molecule has 0 spiro atoms. The monoisotopic (exact) mass is 337 g/mol. The molecule has 0 aliphatic heterocycles. The van der Waals surface area contributed by atoms with Crippen molar-refractivity contribution < 1.29 is 4.79 Å². The molecule has 4 nitrogen and oxygen atoms in total. The predicted molar refractivity (Wildman–Crippen MR) is 97.4 cm³/mol. The van der Waals surface area contributed by atoms with Crippen molar-refractivity contribution in [3.05, 3.63) is 89.2 Å². The second kappa shape index (κ2) is 7.62. The largest absolute Gasteiger partial charge is 0.381 e. The van der Waals surface area contributed by atoms with Gasteiger partial charge in [-0.1, -0.05) is 23.7 Å². The first-order chi connectivity index (χ1) is 11.7. The fraction of sp³-hybridized carbons (Fsp3) is 0.0526. The van der Waals surface area contributed by atoms with Gasteiger partial charge in [0.05, 0.1) is 10.6 Å². The molecule has 0 atom stereocenters. The number of carbonyl (C=O) groups is 1. The van der Waals surface area contributed by atoms with Crippen LogP contribution in [0.25, 0.3) is 0 Å². The number of nitrogens with zero attached hydrogens (tertiary/aromatic N) is 1. The molecule has 3 rings (SSSR count). The van der Waals surface area contributed by atoms with E-state index in [0.29, 0.717) is 17.1 Å². The molecule has 0 fully saturated rings. The van der Waals surface area contributed by atoms with Crippen LogP contribution in [-0.2, 0) is 6.54 Å². The number of pyridine rings is 1. The van der Waals surface area contributed by atoms with Crippen molar-refractivity contribution in [3.63, 3.8) is 0 Å². The van der Waals surface area contributed by atoms with Crippen molar-refractivity contribution in [1.82, 2.24) is 4.98 Å². The predicted octanol–water partition coefficient (Wildman–Crippen LogP) is 4.60. The zero-order valence-electron chi connectivity index (χ0n) is 12.9. The Bertz CT molecular complexity index is 820. The molecule has 0 radical (unpaired) electrons. The number of hydrogen-bond donors (Lipinski definition) is 2. The van der Waals surface area contributed by atoms with E-state index in [9.17, 15) is 4.79 Å². The van der Waals surface area contributed by atoms with Gasteiger partial charge in [-0.2, -0.15) is 0 Å². The Hall–Kier alpha value is -2.85. The summed E-state index contributed by atoms with van der Waals surface area (Å²) in [4.78, 5) is 16.2. The summed E-state index contributed by atoms with van der Waals surface area (Å²) in [6, 6.07) is 18.4. The Kier molecular flexibility index (Phi) is 5.08. The van der Waals surface area contributed by atoms with Crippen LogP contribution in [0, 0.1) is 0 Å². The average Bonchev–Trinajstić information content (AvgIpc) is 2.62. The highest BCUT2D eigenvalue weighted by atomic mass is 35.5. The fourth-order valence-corrected chi connectivity index (χ4v) is 2.44. The van der Waals surface area contributed by atoms with E-state index >= 15 is 0 Å². The number of rotatable bonds is 5. The van der Waals surface area contributed by atoms with E-state index in [2.05, 4.69) is 15.6 Å². The summed E-state index contributed by atoms with van der Waals surface area (Å²) in [6.45, 7) is 0.716. The van der Waals surface area contributed by atoms with E-state index in [1.165, 1.54) is 0 Å². The molecule has 2 N–H and O–H groups in total. The molecule has 0 saturated heterocycles. The van der Waals surface area contributed by atoms with Crippen molar-refractivity contribution in [1.29, 1.82) is 0 Å². The van der Waals surface area contributed by atoms with Gasteiger partial charge in [-0.05, 0) is 54.1 Å². The standard InChI is InChI=1S/C19H16ClN3O/c20-18-4-2-1-3-17(18)19(24)23-16-7-5-15(6-8-16)22-13-14-9-11-21-12-10-14/h1-12,22H,13H2,(H,23,24). The molecule has 1 aromatic heterocycles. The lowest BCUT2D eigenvalue weighted by Gasteiger charge is -2.09. The van der Waals surface area contributed by atoms with Gasteiger partial charge in [0.25, 0.3) is 5.91 Å². The van der Waals surface area contributed by atoms with E-state index in [-0.39, 0.29) is 5.91 Å². The minimum absolute atomic E-state index is 0.224. The molecular formula is C19H16ClN3O. The molecule has 0 unspecified atom stereocenters. The zero-order chi connectivity index (χ0) is 16.8. The Labute approximate surface area is 145 Å². The van der Waals surface area contributed by atoms with E-state index < -0.39 is 0 Å². The van der Waals surface area contributed by atoms with Gasteiger partial charge in [0.2, 0.25) is 0 Å². The number of halogens is 1. The number of nitrogens with one attached hydrogen (secondary N) is 2. The van der Waals surface area contributed by atoms with Crippen molar-refractivity contribution in [2.75, 3.05) is 10.6 Å². The van der Waals surface area contributed by atoms with Crippen molar-refractivity contribution >= 4 is 28.9 Å². The quantitative estimate of drug-likeness (QED) is 0.715. The Morgan fingerprint density at radius 1 is 0.917 bits per heavy atom. The topological polar surface area (TPSA) is 54.0 Å². The smallest absolute Gasteiger partial charge is 0.257 e. The summed E-state index contributed by atoms with van der Waals surface area (Å²) in [7, 11) is 0. The van der Waals surface area contributed by atoms with Gasteiger partial charge in [0, 0.05) is 30.3 Å². The second-order valence-electron chi connectivity index (χ2n) is 5.22. The van der Waals surface area contributed by atoms with Crippen LogP contribution < -0.4 is 10.6 Å². The molecule has 1 heterocycles. The molecule has 0 bridgehead atoms. The third kappa shape index (κ3) is 4.12. The van der Waals surface area contributed by atoms with Crippen LogP contribution >= 0.6 is 11.6 Å². The van der Waals surface area contributed by atoms with Crippen molar-refractivity contribution in [2.24, 2.45) is 0 Å². The summed E-state index contributed by atoms with van der Waals surface area (Å²) in [6.07, 6.45) is 3.54. The summed E-state index contributed by atoms with van der Waals surface area (Å²) in [5.41, 5.74) is 3.30. The SMILES string of the molecule is O=C(Nc1ccc(NCc2ccncc2)cc1)c1ccccc1Cl. The first-order valence-electron chi connectivity index (χ1n) is 7.51. The van der Waals surface area contributed by atoms with E-state index in [1.807, 2.05) is 36.4 Å². The number of hydrogen-bond acceptors (Lipinski definition) is 3. The van der Waals surface area contributed by atoms with Gasteiger partial charge in [-0.3, -0.25) is 9.78 Å². The zero-order valence-corrected chi connectivity index (χ0v) is 13.6. The minimum atomic E-state index is -0.224. The number of anilines is 2. The van der Waals surface area contributed by atoms with Crippen LogP contribution in [0.4, 0.5) is 11.4 Å².